The summed E-state index contributed by atoms with van der Waals surface area (Å²) in [6.45, 7) is 7.13. The first-order valence-corrected chi connectivity index (χ1v) is 6.72. The summed E-state index contributed by atoms with van der Waals surface area (Å²) in [6, 6.07) is 0. The Morgan fingerprint density at radius 3 is 2.64 bits per heavy atom. The van der Waals surface area contributed by atoms with E-state index in [-0.39, 0.29) is 0 Å². The number of rotatable bonds is 5. The second kappa shape index (κ2) is 3.87. The molecule has 4 atom stereocenters. The minimum Gasteiger partial charge on any atom is -0.0651 e. The highest BCUT2D eigenvalue weighted by Gasteiger charge is 2.59. The lowest BCUT2D eigenvalue weighted by Gasteiger charge is -2.14. The maximum atomic E-state index is 2.42. The maximum Gasteiger partial charge on any atom is -0.0263 e. The van der Waals surface area contributed by atoms with Gasteiger partial charge in [0.25, 0.3) is 0 Å². The maximum absolute atomic E-state index is 2.42. The van der Waals surface area contributed by atoms with Crippen LogP contribution in [0.3, 0.4) is 0 Å². The molecule has 2 saturated carbocycles. The largest absolute Gasteiger partial charge is 0.0651 e. The van der Waals surface area contributed by atoms with E-state index in [1.165, 1.54) is 19.3 Å². The van der Waals surface area contributed by atoms with Crippen LogP contribution in [0, 0.1) is 23.2 Å². The first kappa shape index (κ1) is 10.5. The molecule has 2 aliphatic carbocycles. The summed E-state index contributed by atoms with van der Waals surface area (Å²) in [5.74, 6) is 3.22. The van der Waals surface area contributed by atoms with Crippen molar-refractivity contribution in [3.63, 3.8) is 0 Å². The Bertz CT molecular complexity index is 196. The van der Waals surface area contributed by atoms with E-state index in [0.717, 1.165) is 23.2 Å². The van der Waals surface area contributed by atoms with Gasteiger partial charge in [-0.15, -0.1) is 0 Å². The van der Waals surface area contributed by atoms with Gasteiger partial charge in [0.1, 0.15) is 0 Å². The summed E-state index contributed by atoms with van der Waals surface area (Å²) < 4.78 is 0. The van der Waals surface area contributed by atoms with Gasteiger partial charge in [0.05, 0.1) is 0 Å². The molecule has 2 fully saturated rings. The molecule has 0 aromatic heterocycles. The van der Waals surface area contributed by atoms with E-state index in [9.17, 15) is 0 Å². The first-order chi connectivity index (χ1) is 6.72. The van der Waals surface area contributed by atoms with Crippen molar-refractivity contribution in [3.05, 3.63) is 0 Å². The van der Waals surface area contributed by atoms with Crippen molar-refractivity contribution < 1.29 is 0 Å². The molecule has 0 aromatic carbocycles. The quantitative estimate of drug-likeness (QED) is 0.598. The molecular formula is C14H26. The Morgan fingerprint density at radius 1 is 1.36 bits per heavy atom. The molecule has 0 spiro atoms. The molecule has 14 heavy (non-hydrogen) atoms. The average molecular weight is 194 g/mol. The van der Waals surface area contributed by atoms with Crippen LogP contribution in [0.2, 0.25) is 0 Å². The van der Waals surface area contributed by atoms with Gasteiger partial charge < -0.3 is 0 Å². The van der Waals surface area contributed by atoms with Crippen molar-refractivity contribution in [2.24, 2.45) is 23.2 Å². The third-order valence-electron chi connectivity index (χ3n) is 5.19. The topological polar surface area (TPSA) is 0 Å². The SMILES string of the molecule is CCC(C)CCC12CCC(CC)C1C2. The van der Waals surface area contributed by atoms with E-state index in [0.29, 0.717) is 0 Å². The molecule has 0 amide bonds. The van der Waals surface area contributed by atoms with Crippen molar-refractivity contribution in [1.29, 1.82) is 0 Å². The molecule has 0 nitrogen and oxygen atoms in total. The molecule has 82 valence electrons. The van der Waals surface area contributed by atoms with Crippen molar-refractivity contribution >= 4 is 0 Å². The molecule has 0 radical (unpaired) electrons. The molecule has 0 heterocycles. The monoisotopic (exact) mass is 194 g/mol. The van der Waals surface area contributed by atoms with E-state index in [2.05, 4.69) is 20.8 Å². The van der Waals surface area contributed by atoms with Gasteiger partial charge in [0, 0.05) is 0 Å². The number of fused-ring (bicyclic) bond motifs is 1. The molecule has 0 bridgehead atoms. The molecule has 0 aliphatic heterocycles. The third-order valence-corrected chi connectivity index (χ3v) is 5.19. The van der Waals surface area contributed by atoms with Crippen molar-refractivity contribution in [2.75, 3.05) is 0 Å². The Balaban J connectivity index is 1.78. The normalized spacial score (nSPS) is 42.2. The van der Waals surface area contributed by atoms with Crippen LogP contribution in [-0.4, -0.2) is 0 Å². The Kier molecular flexibility index (Phi) is 2.91. The van der Waals surface area contributed by atoms with Crippen molar-refractivity contribution in [3.8, 4) is 0 Å². The summed E-state index contributed by atoms with van der Waals surface area (Å²) >= 11 is 0. The highest BCUT2D eigenvalue weighted by atomic mass is 14.6. The lowest BCUT2D eigenvalue weighted by atomic mass is 9.91. The van der Waals surface area contributed by atoms with Crippen LogP contribution in [0.1, 0.15) is 65.7 Å². The zero-order valence-corrected chi connectivity index (χ0v) is 10.2. The zero-order chi connectivity index (χ0) is 10.2. The van der Waals surface area contributed by atoms with Gasteiger partial charge in [-0.1, -0.05) is 40.0 Å². The van der Waals surface area contributed by atoms with Gasteiger partial charge in [-0.2, -0.15) is 0 Å². The zero-order valence-electron chi connectivity index (χ0n) is 10.2. The van der Waals surface area contributed by atoms with Gasteiger partial charge in [-0.3, -0.25) is 0 Å². The highest BCUT2D eigenvalue weighted by Crippen LogP contribution is 2.69. The second-order valence-corrected chi connectivity index (χ2v) is 5.93. The minimum absolute atomic E-state index is 0.865. The van der Waals surface area contributed by atoms with Crippen molar-refractivity contribution in [2.45, 2.75) is 65.7 Å². The van der Waals surface area contributed by atoms with Crippen LogP contribution in [0.4, 0.5) is 0 Å². The smallest absolute Gasteiger partial charge is 0.0263 e. The van der Waals surface area contributed by atoms with E-state index in [1.54, 1.807) is 25.7 Å². The molecule has 2 rings (SSSR count). The van der Waals surface area contributed by atoms with Crippen LogP contribution in [-0.2, 0) is 0 Å². The van der Waals surface area contributed by atoms with E-state index < -0.39 is 0 Å². The van der Waals surface area contributed by atoms with E-state index >= 15 is 0 Å². The van der Waals surface area contributed by atoms with Crippen LogP contribution in [0.15, 0.2) is 0 Å². The summed E-state index contributed by atoms with van der Waals surface area (Å²) in [6.07, 6.45) is 10.5. The number of hydrogen-bond acceptors (Lipinski definition) is 0. The van der Waals surface area contributed by atoms with Crippen LogP contribution in [0.25, 0.3) is 0 Å². The Labute approximate surface area is 89.5 Å². The number of hydrogen-bond donors (Lipinski definition) is 0. The lowest BCUT2D eigenvalue weighted by Crippen LogP contribution is -2.03. The highest BCUT2D eigenvalue weighted by molar-refractivity contribution is 5.09. The Morgan fingerprint density at radius 2 is 2.14 bits per heavy atom. The summed E-state index contributed by atoms with van der Waals surface area (Å²) in [5, 5.41) is 0. The molecule has 0 N–H and O–H groups in total. The predicted octanol–water partition coefficient (Wildman–Crippen LogP) is 4.64. The fourth-order valence-electron chi connectivity index (χ4n) is 3.65. The van der Waals surface area contributed by atoms with E-state index in [4.69, 9.17) is 0 Å². The fraction of sp³-hybridized carbons (Fsp3) is 1.00. The van der Waals surface area contributed by atoms with Gasteiger partial charge in [-0.05, 0) is 48.9 Å². The summed E-state index contributed by atoms with van der Waals surface area (Å²) in [7, 11) is 0. The van der Waals surface area contributed by atoms with Crippen LogP contribution in [0.5, 0.6) is 0 Å². The third kappa shape index (κ3) is 1.73. The van der Waals surface area contributed by atoms with Crippen molar-refractivity contribution in [1.82, 2.24) is 0 Å². The molecular weight excluding hydrogens is 168 g/mol. The fourth-order valence-corrected chi connectivity index (χ4v) is 3.65. The minimum atomic E-state index is 0.865. The summed E-state index contributed by atoms with van der Waals surface area (Å²) in [4.78, 5) is 0. The van der Waals surface area contributed by atoms with Gasteiger partial charge in [0.2, 0.25) is 0 Å². The van der Waals surface area contributed by atoms with Crippen LogP contribution >= 0.6 is 0 Å². The van der Waals surface area contributed by atoms with Gasteiger partial charge >= 0.3 is 0 Å². The van der Waals surface area contributed by atoms with E-state index in [1.807, 2.05) is 0 Å². The molecule has 0 saturated heterocycles. The average Bonchev–Trinajstić information content (AvgIpc) is 2.83. The van der Waals surface area contributed by atoms with Gasteiger partial charge in [0.15, 0.2) is 0 Å². The molecule has 2 aliphatic rings. The summed E-state index contributed by atoms with van der Waals surface area (Å²) in [5.41, 5.74) is 0.865. The molecule has 0 aromatic rings. The molecule has 4 unspecified atom stereocenters. The Hall–Kier alpha value is 0. The predicted molar refractivity (Wildman–Crippen MR) is 62.2 cm³/mol. The lowest BCUT2D eigenvalue weighted by molar-refractivity contribution is 0.372. The van der Waals surface area contributed by atoms with Gasteiger partial charge in [-0.25, -0.2) is 0 Å². The second-order valence-electron chi connectivity index (χ2n) is 5.93. The first-order valence-electron chi connectivity index (χ1n) is 6.72. The molecule has 0 heteroatoms. The van der Waals surface area contributed by atoms with Crippen LogP contribution < -0.4 is 0 Å². The standard InChI is InChI=1S/C14H26/c1-4-11(3)6-8-14-9-7-12(5-2)13(14)10-14/h11-13H,4-10H2,1-3H3.